The van der Waals surface area contributed by atoms with Crippen LogP contribution in [0.2, 0.25) is 0 Å². The SMILES string of the molecule is CCOc1ccc(C=NNc2nn[nH]n2)cc1. The van der Waals surface area contributed by atoms with Gasteiger partial charge >= 0.3 is 0 Å². The minimum atomic E-state index is 0.326. The number of benzene rings is 1. The first-order valence-corrected chi connectivity index (χ1v) is 5.14. The Labute approximate surface area is 97.9 Å². The molecule has 2 N–H and O–H groups in total. The van der Waals surface area contributed by atoms with Crippen LogP contribution in [-0.2, 0) is 0 Å². The van der Waals surface area contributed by atoms with Crippen LogP contribution in [0.4, 0.5) is 5.95 Å². The van der Waals surface area contributed by atoms with Gasteiger partial charge in [-0.3, -0.25) is 0 Å². The van der Waals surface area contributed by atoms with Gasteiger partial charge in [0.05, 0.1) is 12.8 Å². The van der Waals surface area contributed by atoms with Crippen molar-refractivity contribution in [2.45, 2.75) is 6.92 Å². The lowest BCUT2D eigenvalue weighted by molar-refractivity contribution is 0.340. The van der Waals surface area contributed by atoms with Gasteiger partial charge in [-0.05, 0) is 42.0 Å². The van der Waals surface area contributed by atoms with Gasteiger partial charge < -0.3 is 4.74 Å². The Balaban J connectivity index is 1.92. The van der Waals surface area contributed by atoms with E-state index in [0.717, 1.165) is 11.3 Å². The van der Waals surface area contributed by atoms with E-state index in [9.17, 15) is 0 Å². The second kappa shape index (κ2) is 5.59. The molecule has 0 amide bonds. The van der Waals surface area contributed by atoms with Crippen molar-refractivity contribution in [3.05, 3.63) is 29.8 Å². The fourth-order valence-corrected chi connectivity index (χ4v) is 1.19. The van der Waals surface area contributed by atoms with Crippen molar-refractivity contribution >= 4 is 12.2 Å². The van der Waals surface area contributed by atoms with Crippen molar-refractivity contribution in [1.82, 2.24) is 20.6 Å². The summed E-state index contributed by atoms with van der Waals surface area (Å²) in [6, 6.07) is 7.59. The largest absolute Gasteiger partial charge is 0.494 e. The first-order valence-electron chi connectivity index (χ1n) is 5.14. The van der Waals surface area contributed by atoms with E-state index in [1.54, 1.807) is 6.21 Å². The minimum absolute atomic E-state index is 0.326. The zero-order chi connectivity index (χ0) is 11.9. The molecule has 2 rings (SSSR count). The maximum absolute atomic E-state index is 5.33. The van der Waals surface area contributed by atoms with Crippen LogP contribution < -0.4 is 10.2 Å². The molecule has 1 aromatic carbocycles. The van der Waals surface area contributed by atoms with Crippen LogP contribution >= 0.6 is 0 Å². The Morgan fingerprint density at radius 1 is 1.41 bits per heavy atom. The Morgan fingerprint density at radius 2 is 2.24 bits per heavy atom. The molecule has 2 aromatic rings. The van der Waals surface area contributed by atoms with Gasteiger partial charge in [0, 0.05) is 0 Å². The molecule has 0 saturated carbocycles. The van der Waals surface area contributed by atoms with E-state index in [1.807, 2.05) is 31.2 Å². The van der Waals surface area contributed by atoms with Crippen molar-refractivity contribution in [1.29, 1.82) is 0 Å². The number of aromatic amines is 1. The van der Waals surface area contributed by atoms with E-state index in [1.165, 1.54) is 0 Å². The van der Waals surface area contributed by atoms with Crippen LogP contribution in [0.1, 0.15) is 12.5 Å². The standard InChI is InChI=1S/C10H12N6O/c1-2-17-9-5-3-8(4-6-9)7-11-12-10-13-15-16-14-10/h3-7H,2H2,1H3,(H2,12,13,14,15,16). The molecule has 1 aromatic heterocycles. The van der Waals surface area contributed by atoms with Gasteiger partial charge in [0.2, 0.25) is 0 Å². The summed E-state index contributed by atoms with van der Waals surface area (Å²) in [5.74, 6) is 1.17. The van der Waals surface area contributed by atoms with E-state index in [0.29, 0.717) is 12.6 Å². The average Bonchev–Trinajstić information content (AvgIpc) is 2.85. The van der Waals surface area contributed by atoms with E-state index in [4.69, 9.17) is 4.74 Å². The third kappa shape index (κ3) is 3.26. The highest BCUT2D eigenvalue weighted by atomic mass is 16.5. The number of ether oxygens (including phenoxy) is 1. The lowest BCUT2D eigenvalue weighted by atomic mass is 10.2. The summed E-state index contributed by atoms with van der Waals surface area (Å²) in [4.78, 5) is 0. The van der Waals surface area contributed by atoms with E-state index in [2.05, 4.69) is 31.2 Å². The number of aromatic nitrogens is 4. The van der Waals surface area contributed by atoms with Gasteiger partial charge in [0.25, 0.3) is 5.95 Å². The number of nitrogens with zero attached hydrogens (tertiary/aromatic N) is 4. The Hall–Kier alpha value is -2.44. The quantitative estimate of drug-likeness (QED) is 0.594. The number of hydrogen-bond donors (Lipinski definition) is 2. The zero-order valence-corrected chi connectivity index (χ0v) is 9.29. The molecule has 7 nitrogen and oxygen atoms in total. The highest BCUT2D eigenvalue weighted by Gasteiger charge is 1.93. The molecule has 0 radical (unpaired) electrons. The predicted molar refractivity (Wildman–Crippen MR) is 63.0 cm³/mol. The number of tetrazole rings is 1. The van der Waals surface area contributed by atoms with Crippen molar-refractivity contribution in [3.8, 4) is 5.75 Å². The fourth-order valence-electron chi connectivity index (χ4n) is 1.19. The molecule has 0 aliphatic carbocycles. The molecular weight excluding hydrogens is 220 g/mol. The molecule has 0 unspecified atom stereocenters. The van der Waals surface area contributed by atoms with Crippen LogP contribution in [0.5, 0.6) is 5.75 Å². The molecule has 0 bridgehead atoms. The third-order valence-electron chi connectivity index (χ3n) is 1.91. The van der Waals surface area contributed by atoms with E-state index in [-0.39, 0.29) is 0 Å². The summed E-state index contributed by atoms with van der Waals surface area (Å²) in [6.45, 7) is 2.61. The monoisotopic (exact) mass is 232 g/mol. The number of nitrogens with one attached hydrogen (secondary N) is 2. The molecule has 88 valence electrons. The minimum Gasteiger partial charge on any atom is -0.494 e. The van der Waals surface area contributed by atoms with Gasteiger partial charge in [-0.15, -0.1) is 5.10 Å². The molecule has 0 aliphatic rings. The summed E-state index contributed by atoms with van der Waals surface area (Å²) in [7, 11) is 0. The van der Waals surface area contributed by atoms with Gasteiger partial charge in [0.15, 0.2) is 0 Å². The van der Waals surface area contributed by atoms with Crippen LogP contribution in [-0.4, -0.2) is 33.4 Å². The van der Waals surface area contributed by atoms with Crippen molar-refractivity contribution in [3.63, 3.8) is 0 Å². The summed E-state index contributed by atoms with van der Waals surface area (Å²) < 4.78 is 5.33. The number of hydrogen-bond acceptors (Lipinski definition) is 6. The summed E-state index contributed by atoms with van der Waals surface area (Å²) >= 11 is 0. The van der Waals surface area contributed by atoms with Gasteiger partial charge in [-0.1, -0.05) is 5.10 Å². The summed E-state index contributed by atoms with van der Waals surface area (Å²) in [6.07, 6.45) is 1.66. The van der Waals surface area contributed by atoms with Gasteiger partial charge in [0.1, 0.15) is 5.75 Å². The zero-order valence-electron chi connectivity index (χ0n) is 9.29. The molecule has 1 heterocycles. The van der Waals surface area contributed by atoms with Crippen molar-refractivity contribution in [2.75, 3.05) is 12.0 Å². The molecule has 0 fully saturated rings. The molecule has 0 aliphatic heterocycles. The topological polar surface area (TPSA) is 88.1 Å². The molecule has 0 atom stereocenters. The number of rotatable bonds is 5. The van der Waals surface area contributed by atoms with Crippen LogP contribution in [0.25, 0.3) is 0 Å². The lowest BCUT2D eigenvalue weighted by Crippen LogP contribution is -1.93. The lowest BCUT2D eigenvalue weighted by Gasteiger charge is -2.01. The van der Waals surface area contributed by atoms with Crippen molar-refractivity contribution in [2.24, 2.45) is 5.10 Å². The Kier molecular flexibility index (Phi) is 3.64. The molecule has 7 heteroatoms. The van der Waals surface area contributed by atoms with Crippen molar-refractivity contribution < 1.29 is 4.74 Å². The number of H-pyrrole nitrogens is 1. The average molecular weight is 232 g/mol. The van der Waals surface area contributed by atoms with E-state index < -0.39 is 0 Å². The fraction of sp³-hybridized carbons (Fsp3) is 0.200. The highest BCUT2D eigenvalue weighted by Crippen LogP contribution is 2.10. The first-order chi connectivity index (χ1) is 8.38. The highest BCUT2D eigenvalue weighted by molar-refractivity contribution is 5.80. The van der Waals surface area contributed by atoms with Gasteiger partial charge in [-0.25, -0.2) is 5.43 Å². The predicted octanol–water partition coefficient (Wildman–Crippen LogP) is 1.04. The normalized spacial score (nSPS) is 10.6. The Morgan fingerprint density at radius 3 is 2.88 bits per heavy atom. The first kappa shape index (κ1) is 11.1. The molecule has 0 saturated heterocycles. The number of anilines is 1. The molecular formula is C10H12N6O. The second-order valence-electron chi connectivity index (χ2n) is 3.11. The maximum Gasteiger partial charge on any atom is 0.283 e. The van der Waals surface area contributed by atoms with Crippen LogP contribution in [0, 0.1) is 0 Å². The second-order valence-corrected chi connectivity index (χ2v) is 3.11. The van der Waals surface area contributed by atoms with E-state index >= 15 is 0 Å². The van der Waals surface area contributed by atoms with Crippen LogP contribution in [0.3, 0.4) is 0 Å². The number of hydrazone groups is 1. The van der Waals surface area contributed by atoms with Gasteiger partial charge in [-0.2, -0.15) is 10.3 Å². The summed E-state index contributed by atoms with van der Waals surface area (Å²) in [5.41, 5.74) is 3.58. The van der Waals surface area contributed by atoms with Crippen LogP contribution in [0.15, 0.2) is 29.4 Å². The Bertz CT molecular complexity index is 464. The third-order valence-corrected chi connectivity index (χ3v) is 1.91. The molecule has 0 spiro atoms. The summed E-state index contributed by atoms with van der Waals surface area (Å²) in [5, 5.41) is 17.1. The smallest absolute Gasteiger partial charge is 0.283 e. The molecule has 17 heavy (non-hydrogen) atoms. The maximum atomic E-state index is 5.33.